The van der Waals surface area contributed by atoms with E-state index in [1.165, 1.54) is 12.8 Å². The summed E-state index contributed by atoms with van der Waals surface area (Å²) in [6.07, 6.45) is -1.34. The Hall–Kier alpha value is 1.12. The van der Waals surface area contributed by atoms with Crippen LogP contribution in [-0.4, -0.2) is 140 Å². The van der Waals surface area contributed by atoms with Crippen LogP contribution in [0, 0.1) is 0 Å². The SMILES string of the molecule is NC1CCCCC1N.O=P(O)(O)CCP(=O)(O)O.O=P(O)(O)CCP(=O)(O)O.O=P(O)(O)CCP(=O)(O)O.O=P(O)(O)CCP(=O)(O)O. The topological polar surface area (TPSA) is 512 Å². The molecule has 1 rings (SSSR count). The third-order valence-corrected chi connectivity index (χ3v) is 12.5. The van der Waals surface area contributed by atoms with Gasteiger partial charge in [-0.25, -0.2) is 0 Å². The van der Waals surface area contributed by atoms with Gasteiger partial charge in [-0.15, -0.1) is 0 Å². The molecule has 0 aliphatic heterocycles. The second-order valence-corrected chi connectivity index (χ2v) is 23.9. The summed E-state index contributed by atoms with van der Waals surface area (Å²) in [5.74, 6) is 0. The van der Waals surface area contributed by atoms with Crippen molar-refractivity contribution in [3.63, 3.8) is 0 Å². The first-order valence-electron chi connectivity index (χ1n) is 12.5. The molecule has 1 saturated carbocycles. The quantitative estimate of drug-likeness (QED) is 0.0907. The molecule has 0 aromatic rings. The molecule has 0 heterocycles. The van der Waals surface area contributed by atoms with Crippen LogP contribution in [0.2, 0.25) is 0 Å². The van der Waals surface area contributed by atoms with Crippen LogP contribution < -0.4 is 11.5 Å². The van der Waals surface area contributed by atoms with Crippen LogP contribution in [0.5, 0.6) is 0 Å². The van der Waals surface area contributed by atoms with Gasteiger partial charge in [0.1, 0.15) is 0 Å². The van der Waals surface area contributed by atoms with Gasteiger partial charge in [0.25, 0.3) is 0 Å². The van der Waals surface area contributed by atoms with Crippen molar-refractivity contribution in [2.24, 2.45) is 11.5 Å². The summed E-state index contributed by atoms with van der Waals surface area (Å²) in [5.41, 5.74) is 11.3. The van der Waals surface area contributed by atoms with Gasteiger partial charge < -0.3 is 89.8 Å². The molecule has 34 heteroatoms. The highest BCUT2D eigenvalue weighted by atomic mass is 31.2. The van der Waals surface area contributed by atoms with Gasteiger partial charge in [-0.3, -0.25) is 36.5 Å². The molecule has 2 unspecified atom stereocenters. The summed E-state index contributed by atoms with van der Waals surface area (Å²) in [4.78, 5) is 130. The van der Waals surface area contributed by atoms with Gasteiger partial charge in [0, 0.05) is 12.1 Å². The Balaban J connectivity index is -0.000000252. The van der Waals surface area contributed by atoms with Crippen molar-refractivity contribution in [2.45, 2.75) is 37.8 Å². The molecule has 0 spiro atoms. The lowest BCUT2D eigenvalue weighted by atomic mass is 9.92. The van der Waals surface area contributed by atoms with Gasteiger partial charge in [0.2, 0.25) is 0 Å². The van der Waals surface area contributed by atoms with Crippen LogP contribution in [0.15, 0.2) is 0 Å². The zero-order chi connectivity index (χ0) is 39.6. The van der Waals surface area contributed by atoms with Crippen molar-refractivity contribution in [3.05, 3.63) is 0 Å². The molecule has 2 atom stereocenters. The molecule has 0 amide bonds. The normalized spacial score (nSPS) is 18.0. The fourth-order valence-electron chi connectivity index (χ4n) is 2.23. The third-order valence-electron chi connectivity index (χ3n) is 4.61. The molecule has 0 saturated heterocycles. The van der Waals surface area contributed by atoms with Gasteiger partial charge in [-0.05, 0) is 12.8 Å². The van der Waals surface area contributed by atoms with Crippen molar-refractivity contribution in [3.8, 4) is 0 Å². The van der Waals surface area contributed by atoms with Gasteiger partial charge in [0.15, 0.2) is 0 Å². The van der Waals surface area contributed by atoms with Gasteiger partial charge in [-0.2, -0.15) is 0 Å². The largest absolute Gasteiger partial charge is 0.326 e. The van der Waals surface area contributed by atoms with E-state index in [0.717, 1.165) is 12.8 Å². The molecule has 48 heavy (non-hydrogen) atoms. The Morgan fingerprint density at radius 1 is 0.312 bits per heavy atom. The Kier molecular flexibility index (Phi) is 27.6. The lowest BCUT2D eigenvalue weighted by Crippen LogP contribution is -2.43. The minimum absolute atomic E-state index is 0.281. The number of nitrogens with two attached hydrogens (primary N) is 2. The molecule has 0 bridgehead atoms. The fourth-order valence-corrected chi connectivity index (χ4v) is 10.6. The van der Waals surface area contributed by atoms with E-state index in [1.807, 2.05) is 0 Å². The highest BCUT2D eigenvalue weighted by Gasteiger charge is 2.23. The number of hydrogen-bond acceptors (Lipinski definition) is 10. The van der Waals surface area contributed by atoms with Gasteiger partial charge in [-0.1, -0.05) is 12.8 Å². The van der Waals surface area contributed by atoms with Crippen LogP contribution in [0.4, 0.5) is 0 Å². The van der Waals surface area contributed by atoms with Crippen molar-refractivity contribution in [2.75, 3.05) is 49.3 Å². The monoisotopic (exact) mass is 874 g/mol. The van der Waals surface area contributed by atoms with Crippen LogP contribution in [0.3, 0.4) is 0 Å². The van der Waals surface area contributed by atoms with E-state index in [2.05, 4.69) is 0 Å². The first kappa shape index (κ1) is 55.9. The Morgan fingerprint density at radius 2 is 0.417 bits per heavy atom. The van der Waals surface area contributed by atoms with Crippen LogP contribution >= 0.6 is 60.8 Å². The van der Waals surface area contributed by atoms with Gasteiger partial charge in [0.05, 0.1) is 49.3 Å². The third kappa shape index (κ3) is 62.3. The summed E-state index contributed by atoms with van der Waals surface area (Å²) < 4.78 is 80.2. The van der Waals surface area contributed by atoms with E-state index in [4.69, 9.17) is 89.8 Å². The van der Waals surface area contributed by atoms with Crippen molar-refractivity contribution in [1.82, 2.24) is 0 Å². The average molecular weight is 874 g/mol. The van der Waals surface area contributed by atoms with Crippen molar-refractivity contribution in [1.29, 1.82) is 0 Å². The lowest BCUT2D eigenvalue weighted by Gasteiger charge is -2.24. The summed E-state index contributed by atoms with van der Waals surface area (Å²) in [6.45, 7) is 0. The molecule has 1 fully saturated rings. The minimum atomic E-state index is -4.25. The molecule has 0 aromatic carbocycles. The summed E-state index contributed by atoms with van der Waals surface area (Å²) in [5, 5.41) is 0. The number of rotatable bonds is 12. The highest BCUT2D eigenvalue weighted by molar-refractivity contribution is 7.57. The molecule has 1 aliphatic rings. The van der Waals surface area contributed by atoms with Gasteiger partial charge >= 0.3 is 60.8 Å². The van der Waals surface area contributed by atoms with E-state index in [9.17, 15) is 36.5 Å². The molecule has 20 N–H and O–H groups in total. The van der Waals surface area contributed by atoms with Crippen molar-refractivity contribution >= 4 is 60.8 Å². The maximum absolute atomic E-state index is 10.0. The van der Waals surface area contributed by atoms with Crippen LogP contribution in [0.1, 0.15) is 25.7 Å². The van der Waals surface area contributed by atoms with E-state index >= 15 is 0 Å². The molecular weight excluding hydrogens is 828 g/mol. The van der Waals surface area contributed by atoms with Crippen LogP contribution in [0.25, 0.3) is 0 Å². The highest BCUT2D eigenvalue weighted by Crippen LogP contribution is 2.45. The smallest absolute Gasteiger partial charge is 0.326 e. The standard InChI is InChI=1S/C6H14N2.4C2H8O6P2/c7-5-3-1-2-4-6(5)8;4*3-9(4,5)1-2-10(6,7)8/h5-6H,1-4,7-8H2;4*1-2H2,(H2,3,4,5)(H2,6,7,8). The fraction of sp³-hybridized carbons (Fsp3) is 1.00. The molecule has 0 radical (unpaired) electrons. The Bertz CT molecular complexity index is 1010. The maximum Gasteiger partial charge on any atom is 0.326 e. The van der Waals surface area contributed by atoms with E-state index < -0.39 is 110 Å². The van der Waals surface area contributed by atoms with Crippen molar-refractivity contribution < 1.29 is 115 Å². The average Bonchev–Trinajstić information content (AvgIpc) is 2.80. The minimum Gasteiger partial charge on any atom is -0.326 e. The number of hydrogen-bond donors (Lipinski definition) is 18. The Labute approximate surface area is 274 Å². The predicted molar refractivity (Wildman–Crippen MR) is 170 cm³/mol. The Morgan fingerprint density at radius 3 is 0.479 bits per heavy atom. The summed E-state index contributed by atoms with van der Waals surface area (Å²) >= 11 is 0. The van der Waals surface area contributed by atoms with E-state index in [-0.39, 0.29) is 12.1 Å². The molecule has 296 valence electrons. The molecular formula is C14H46N2O24P8. The lowest BCUT2D eigenvalue weighted by molar-refractivity contribution is 0.360. The molecule has 26 nitrogen and oxygen atoms in total. The molecule has 0 aromatic heterocycles. The summed E-state index contributed by atoms with van der Waals surface area (Å²) in [7, 11) is -34.0. The predicted octanol–water partition coefficient (Wildman–Crippen LogP) is -2.42. The first-order chi connectivity index (χ1) is 20.6. The first-order valence-corrected chi connectivity index (χ1v) is 26.9. The second-order valence-electron chi connectivity index (χ2n) is 9.72. The van der Waals surface area contributed by atoms with Crippen LogP contribution in [-0.2, 0) is 36.5 Å². The second kappa shape index (κ2) is 23.7. The van der Waals surface area contributed by atoms with E-state index in [1.54, 1.807) is 0 Å². The zero-order valence-electron chi connectivity index (χ0n) is 24.8. The zero-order valence-corrected chi connectivity index (χ0v) is 31.9. The molecule has 1 aliphatic carbocycles. The van der Waals surface area contributed by atoms with E-state index in [0.29, 0.717) is 0 Å². The summed E-state index contributed by atoms with van der Waals surface area (Å²) in [6, 6.07) is 0.562. The maximum atomic E-state index is 10.0.